The molecule has 0 aliphatic heterocycles. The van der Waals surface area contributed by atoms with Crippen LogP contribution in [0.1, 0.15) is 29.9 Å². The van der Waals surface area contributed by atoms with E-state index in [1.54, 1.807) is 0 Å². The Kier molecular flexibility index (Phi) is 4.20. The Morgan fingerprint density at radius 3 is 2.78 bits per heavy atom. The number of aromatic nitrogens is 1. The van der Waals surface area contributed by atoms with E-state index < -0.39 is 0 Å². The molecule has 2 heterocycles. The highest BCUT2D eigenvalue weighted by Gasteiger charge is 2.13. The van der Waals surface area contributed by atoms with Gasteiger partial charge in [0.25, 0.3) is 5.91 Å². The van der Waals surface area contributed by atoms with Gasteiger partial charge in [-0.25, -0.2) is 0 Å². The van der Waals surface area contributed by atoms with E-state index in [0.717, 1.165) is 23.5 Å². The first-order chi connectivity index (χ1) is 8.68. The molecule has 0 bridgehead atoms. The van der Waals surface area contributed by atoms with Crippen molar-refractivity contribution in [2.24, 2.45) is 5.92 Å². The highest BCUT2D eigenvalue weighted by atomic mass is 32.1. The summed E-state index contributed by atoms with van der Waals surface area (Å²) in [5, 5.41) is 4.93. The summed E-state index contributed by atoms with van der Waals surface area (Å²) in [7, 11) is 0. The van der Waals surface area contributed by atoms with Crippen molar-refractivity contribution in [3.8, 4) is 5.69 Å². The molecular weight excluding hydrogens is 244 g/mol. The topological polar surface area (TPSA) is 34.0 Å². The van der Waals surface area contributed by atoms with Gasteiger partial charge in [-0.05, 0) is 35.9 Å². The number of carbonyl (C=O) groups excluding carboxylic acids is 1. The normalized spacial score (nSPS) is 10.8. The molecule has 0 aliphatic rings. The summed E-state index contributed by atoms with van der Waals surface area (Å²) < 4.78 is 1.97. The molecule has 3 nitrogen and oxygen atoms in total. The second-order valence-corrected chi connectivity index (χ2v) is 5.58. The van der Waals surface area contributed by atoms with Crippen molar-refractivity contribution in [1.29, 1.82) is 0 Å². The number of nitrogens with zero attached hydrogens (tertiary/aromatic N) is 1. The van der Waals surface area contributed by atoms with Crippen LogP contribution >= 0.6 is 11.3 Å². The number of rotatable bonds is 5. The van der Waals surface area contributed by atoms with E-state index in [9.17, 15) is 4.79 Å². The Labute approximate surface area is 111 Å². The number of amides is 1. The molecular formula is C14H18N2OS. The fourth-order valence-corrected chi connectivity index (χ4v) is 2.53. The van der Waals surface area contributed by atoms with Gasteiger partial charge in [0.1, 0.15) is 4.88 Å². The van der Waals surface area contributed by atoms with Gasteiger partial charge in [-0.15, -0.1) is 11.3 Å². The first-order valence-corrected chi connectivity index (χ1v) is 7.05. The van der Waals surface area contributed by atoms with Crippen molar-refractivity contribution in [3.63, 3.8) is 0 Å². The van der Waals surface area contributed by atoms with Crippen molar-refractivity contribution >= 4 is 17.2 Å². The van der Waals surface area contributed by atoms with E-state index in [1.165, 1.54) is 11.3 Å². The Hall–Kier alpha value is -1.55. The van der Waals surface area contributed by atoms with Crippen molar-refractivity contribution in [2.75, 3.05) is 6.54 Å². The molecule has 0 fully saturated rings. The van der Waals surface area contributed by atoms with Crippen LogP contribution in [0, 0.1) is 5.92 Å². The average molecular weight is 262 g/mol. The molecule has 0 radical (unpaired) electrons. The third-order valence-corrected chi connectivity index (χ3v) is 3.64. The zero-order chi connectivity index (χ0) is 13.0. The highest BCUT2D eigenvalue weighted by molar-refractivity contribution is 7.12. The summed E-state index contributed by atoms with van der Waals surface area (Å²) in [6, 6.07) is 5.89. The monoisotopic (exact) mass is 262 g/mol. The molecule has 18 heavy (non-hydrogen) atoms. The molecule has 0 saturated carbocycles. The SMILES string of the molecule is CC(C)CCNC(=O)c1sccc1-n1cccc1. The first kappa shape index (κ1) is 12.9. The van der Waals surface area contributed by atoms with Crippen molar-refractivity contribution < 1.29 is 4.79 Å². The summed E-state index contributed by atoms with van der Waals surface area (Å²) in [6.07, 6.45) is 4.91. The van der Waals surface area contributed by atoms with Crippen LogP contribution in [-0.4, -0.2) is 17.0 Å². The lowest BCUT2D eigenvalue weighted by molar-refractivity contribution is 0.0956. The predicted octanol–water partition coefficient (Wildman–Crippen LogP) is 3.31. The summed E-state index contributed by atoms with van der Waals surface area (Å²) in [5.41, 5.74) is 0.951. The van der Waals surface area contributed by atoms with Crippen LogP contribution in [0.25, 0.3) is 5.69 Å². The van der Waals surface area contributed by atoms with Crippen LogP contribution in [0.5, 0.6) is 0 Å². The molecule has 0 atom stereocenters. The maximum Gasteiger partial charge on any atom is 0.263 e. The second-order valence-electron chi connectivity index (χ2n) is 4.66. The van der Waals surface area contributed by atoms with E-state index in [4.69, 9.17) is 0 Å². The van der Waals surface area contributed by atoms with Crippen LogP contribution in [0.3, 0.4) is 0 Å². The van der Waals surface area contributed by atoms with E-state index in [0.29, 0.717) is 5.92 Å². The molecule has 96 valence electrons. The molecule has 1 amide bonds. The predicted molar refractivity (Wildman–Crippen MR) is 75.4 cm³/mol. The lowest BCUT2D eigenvalue weighted by atomic mass is 10.1. The van der Waals surface area contributed by atoms with E-state index >= 15 is 0 Å². The minimum absolute atomic E-state index is 0.0225. The maximum atomic E-state index is 12.1. The van der Waals surface area contributed by atoms with Gasteiger partial charge < -0.3 is 9.88 Å². The van der Waals surface area contributed by atoms with Crippen LogP contribution in [-0.2, 0) is 0 Å². The molecule has 0 aliphatic carbocycles. The fraction of sp³-hybridized carbons (Fsp3) is 0.357. The van der Waals surface area contributed by atoms with Gasteiger partial charge in [0.05, 0.1) is 5.69 Å². The van der Waals surface area contributed by atoms with Crippen LogP contribution < -0.4 is 5.32 Å². The Bertz CT molecular complexity index is 500. The van der Waals surface area contributed by atoms with Gasteiger partial charge in [0.2, 0.25) is 0 Å². The van der Waals surface area contributed by atoms with Crippen molar-refractivity contribution in [1.82, 2.24) is 9.88 Å². The maximum absolute atomic E-state index is 12.1. The fourth-order valence-electron chi connectivity index (χ4n) is 1.73. The van der Waals surface area contributed by atoms with Crippen LogP contribution in [0.4, 0.5) is 0 Å². The second kappa shape index (κ2) is 5.87. The number of carbonyl (C=O) groups is 1. The van der Waals surface area contributed by atoms with Gasteiger partial charge in [0, 0.05) is 18.9 Å². The average Bonchev–Trinajstić information content (AvgIpc) is 2.99. The largest absolute Gasteiger partial charge is 0.351 e. The van der Waals surface area contributed by atoms with Gasteiger partial charge in [-0.3, -0.25) is 4.79 Å². The summed E-state index contributed by atoms with van der Waals surface area (Å²) in [4.78, 5) is 12.9. The molecule has 0 spiro atoms. The van der Waals surface area contributed by atoms with Gasteiger partial charge in [-0.1, -0.05) is 13.8 Å². The molecule has 0 unspecified atom stereocenters. The van der Waals surface area contributed by atoms with Crippen molar-refractivity contribution in [2.45, 2.75) is 20.3 Å². The van der Waals surface area contributed by atoms with Crippen molar-refractivity contribution in [3.05, 3.63) is 40.8 Å². The zero-order valence-corrected chi connectivity index (χ0v) is 11.5. The highest BCUT2D eigenvalue weighted by Crippen LogP contribution is 2.21. The molecule has 2 aromatic rings. The molecule has 0 aromatic carbocycles. The molecule has 4 heteroatoms. The Morgan fingerprint density at radius 2 is 2.11 bits per heavy atom. The number of hydrogen-bond acceptors (Lipinski definition) is 2. The molecule has 0 saturated heterocycles. The molecule has 2 aromatic heterocycles. The number of nitrogens with one attached hydrogen (secondary N) is 1. The van der Waals surface area contributed by atoms with E-state index in [2.05, 4.69) is 19.2 Å². The molecule has 1 N–H and O–H groups in total. The van der Waals surface area contributed by atoms with Gasteiger partial charge in [0.15, 0.2) is 0 Å². The number of thiophene rings is 1. The quantitative estimate of drug-likeness (QED) is 0.881. The van der Waals surface area contributed by atoms with E-state index in [-0.39, 0.29) is 5.91 Å². The summed E-state index contributed by atoms with van der Waals surface area (Å²) in [6.45, 7) is 5.05. The smallest absolute Gasteiger partial charge is 0.263 e. The first-order valence-electron chi connectivity index (χ1n) is 6.17. The lowest BCUT2D eigenvalue weighted by Crippen LogP contribution is -2.25. The molecule has 2 rings (SSSR count). The third-order valence-electron chi connectivity index (χ3n) is 2.74. The van der Waals surface area contributed by atoms with Gasteiger partial charge >= 0.3 is 0 Å². The summed E-state index contributed by atoms with van der Waals surface area (Å²) in [5.74, 6) is 0.631. The minimum atomic E-state index is 0.0225. The third kappa shape index (κ3) is 3.01. The zero-order valence-electron chi connectivity index (χ0n) is 10.7. The summed E-state index contributed by atoms with van der Waals surface area (Å²) >= 11 is 1.48. The Balaban J connectivity index is 2.05. The van der Waals surface area contributed by atoms with Crippen LogP contribution in [0.2, 0.25) is 0 Å². The standard InChI is InChI=1S/C14H18N2OS/c1-11(2)5-7-15-14(17)13-12(6-10-18-13)16-8-3-4-9-16/h3-4,6,8-11H,5,7H2,1-2H3,(H,15,17). The minimum Gasteiger partial charge on any atom is -0.351 e. The lowest BCUT2D eigenvalue weighted by Gasteiger charge is -2.08. The number of hydrogen-bond donors (Lipinski definition) is 1. The van der Waals surface area contributed by atoms with Gasteiger partial charge in [-0.2, -0.15) is 0 Å². The van der Waals surface area contributed by atoms with Crippen LogP contribution in [0.15, 0.2) is 36.0 Å². The Morgan fingerprint density at radius 1 is 1.39 bits per heavy atom. The van der Waals surface area contributed by atoms with E-state index in [1.807, 2.05) is 40.5 Å².